The van der Waals surface area contributed by atoms with Crippen molar-refractivity contribution >= 4 is 22.8 Å². The summed E-state index contributed by atoms with van der Waals surface area (Å²) in [5.41, 5.74) is 2.70. The number of carbonyl (C=O) groups excluding carboxylic acids is 1. The van der Waals surface area contributed by atoms with E-state index in [-0.39, 0.29) is 18.0 Å². The number of pyridine rings is 2. The first-order chi connectivity index (χ1) is 14.0. The summed E-state index contributed by atoms with van der Waals surface area (Å²) in [5.74, 6) is 1.80. The average molecular weight is 393 g/mol. The fraction of sp³-hybridized carbons (Fsp3) is 0.409. The smallest absolute Gasteiger partial charge is 0.220 e. The fourth-order valence-corrected chi connectivity index (χ4v) is 4.32. The number of fused-ring (bicyclic) bond motifs is 1. The average Bonchev–Trinajstić information content (AvgIpc) is 3.11. The van der Waals surface area contributed by atoms with Crippen LogP contribution in [0.25, 0.3) is 22.3 Å². The fourth-order valence-electron chi connectivity index (χ4n) is 4.32. The van der Waals surface area contributed by atoms with Gasteiger partial charge in [-0.1, -0.05) is 6.07 Å². The van der Waals surface area contributed by atoms with E-state index in [4.69, 9.17) is 9.72 Å². The lowest BCUT2D eigenvalue weighted by Crippen LogP contribution is -2.58. The maximum absolute atomic E-state index is 11.9. The van der Waals surface area contributed by atoms with E-state index < -0.39 is 0 Å². The molecule has 1 fully saturated rings. The molecule has 152 valence electrons. The zero-order valence-corrected chi connectivity index (χ0v) is 17.3. The number of aromatic amines is 1. The Hall–Kier alpha value is -3.09. The van der Waals surface area contributed by atoms with E-state index >= 15 is 0 Å². The van der Waals surface area contributed by atoms with Crippen molar-refractivity contribution in [3.8, 4) is 17.0 Å². The maximum Gasteiger partial charge on any atom is 0.220 e. The maximum atomic E-state index is 11.9. The zero-order valence-electron chi connectivity index (χ0n) is 17.3. The third kappa shape index (κ3) is 3.64. The van der Waals surface area contributed by atoms with Gasteiger partial charge in [0.2, 0.25) is 5.91 Å². The first kappa shape index (κ1) is 19.2. The SMILES string of the molecule is CCOc1cnc2[nH]cc(-c3cccc(N4CC(C)N(C(C)=O)C(C)C4)n3)c2c1. The van der Waals surface area contributed by atoms with E-state index in [1.165, 1.54) is 0 Å². The van der Waals surface area contributed by atoms with Crippen LogP contribution < -0.4 is 9.64 Å². The molecular formula is C22H27N5O2. The first-order valence-electron chi connectivity index (χ1n) is 10.1. The van der Waals surface area contributed by atoms with E-state index in [1.54, 1.807) is 13.1 Å². The Balaban J connectivity index is 1.65. The topological polar surface area (TPSA) is 74.3 Å². The van der Waals surface area contributed by atoms with Gasteiger partial charge in [-0.3, -0.25) is 4.79 Å². The number of ether oxygens (including phenoxy) is 1. The highest BCUT2D eigenvalue weighted by Crippen LogP contribution is 2.30. The third-order valence-corrected chi connectivity index (χ3v) is 5.43. The number of piperazine rings is 1. The van der Waals surface area contributed by atoms with Gasteiger partial charge in [0.1, 0.15) is 17.2 Å². The van der Waals surface area contributed by atoms with E-state index in [0.29, 0.717) is 6.61 Å². The Morgan fingerprint density at radius 3 is 2.72 bits per heavy atom. The van der Waals surface area contributed by atoms with Crippen LogP contribution in [0.3, 0.4) is 0 Å². The van der Waals surface area contributed by atoms with Crippen LogP contribution >= 0.6 is 0 Å². The van der Waals surface area contributed by atoms with Crippen LogP contribution in [-0.4, -0.2) is 57.5 Å². The van der Waals surface area contributed by atoms with Crippen LogP contribution in [-0.2, 0) is 4.79 Å². The summed E-state index contributed by atoms with van der Waals surface area (Å²) >= 11 is 0. The molecule has 0 radical (unpaired) electrons. The van der Waals surface area contributed by atoms with E-state index in [0.717, 1.165) is 46.9 Å². The second kappa shape index (κ2) is 7.73. The Morgan fingerprint density at radius 2 is 2.03 bits per heavy atom. The van der Waals surface area contributed by atoms with Crippen molar-refractivity contribution in [3.05, 3.63) is 36.7 Å². The van der Waals surface area contributed by atoms with Gasteiger partial charge in [0.15, 0.2) is 0 Å². The highest BCUT2D eigenvalue weighted by molar-refractivity contribution is 5.93. The lowest BCUT2D eigenvalue weighted by molar-refractivity contribution is -0.133. The minimum Gasteiger partial charge on any atom is -0.492 e. The highest BCUT2D eigenvalue weighted by Gasteiger charge is 2.31. The van der Waals surface area contributed by atoms with Crippen LogP contribution in [0.4, 0.5) is 5.82 Å². The van der Waals surface area contributed by atoms with E-state index in [9.17, 15) is 4.79 Å². The van der Waals surface area contributed by atoms with Crippen molar-refractivity contribution in [3.63, 3.8) is 0 Å². The molecule has 1 N–H and O–H groups in total. The third-order valence-electron chi connectivity index (χ3n) is 5.43. The van der Waals surface area contributed by atoms with Crippen LogP contribution in [0.2, 0.25) is 0 Å². The Labute approximate surface area is 170 Å². The van der Waals surface area contributed by atoms with Gasteiger partial charge in [0.05, 0.1) is 18.5 Å². The number of nitrogens with one attached hydrogen (secondary N) is 1. The molecule has 7 heteroatoms. The first-order valence-corrected chi connectivity index (χ1v) is 10.1. The van der Waals surface area contributed by atoms with Crippen molar-refractivity contribution in [2.24, 2.45) is 0 Å². The molecule has 0 spiro atoms. The van der Waals surface area contributed by atoms with Crippen molar-refractivity contribution in [1.82, 2.24) is 19.9 Å². The van der Waals surface area contributed by atoms with Crippen molar-refractivity contribution in [2.45, 2.75) is 39.8 Å². The van der Waals surface area contributed by atoms with Crippen molar-refractivity contribution in [1.29, 1.82) is 0 Å². The van der Waals surface area contributed by atoms with Gasteiger partial charge in [-0.25, -0.2) is 9.97 Å². The summed E-state index contributed by atoms with van der Waals surface area (Å²) < 4.78 is 5.61. The van der Waals surface area contributed by atoms with Gasteiger partial charge in [-0.05, 0) is 39.0 Å². The number of carbonyl (C=O) groups is 1. The molecule has 1 aliphatic heterocycles. The predicted molar refractivity (Wildman–Crippen MR) is 114 cm³/mol. The quantitative estimate of drug-likeness (QED) is 0.735. The van der Waals surface area contributed by atoms with Crippen LogP contribution in [0, 0.1) is 0 Å². The minimum atomic E-state index is 0.128. The number of H-pyrrole nitrogens is 1. The molecule has 4 rings (SSSR count). The van der Waals surface area contributed by atoms with E-state index in [1.807, 2.05) is 42.3 Å². The summed E-state index contributed by atoms with van der Waals surface area (Å²) in [6.45, 7) is 9.92. The summed E-state index contributed by atoms with van der Waals surface area (Å²) in [6.07, 6.45) is 3.67. The molecule has 2 unspecified atom stereocenters. The summed E-state index contributed by atoms with van der Waals surface area (Å²) in [4.78, 5) is 28.8. The van der Waals surface area contributed by atoms with Gasteiger partial charge < -0.3 is 19.5 Å². The Kier molecular flexibility index (Phi) is 5.13. The molecule has 4 heterocycles. The molecule has 3 aromatic rings. The van der Waals surface area contributed by atoms with Crippen LogP contribution in [0.1, 0.15) is 27.7 Å². The molecule has 0 saturated carbocycles. The molecule has 3 aromatic heterocycles. The monoisotopic (exact) mass is 393 g/mol. The second-order valence-electron chi connectivity index (χ2n) is 7.61. The highest BCUT2D eigenvalue weighted by atomic mass is 16.5. The van der Waals surface area contributed by atoms with Gasteiger partial charge in [0.25, 0.3) is 0 Å². The second-order valence-corrected chi connectivity index (χ2v) is 7.61. The van der Waals surface area contributed by atoms with Crippen molar-refractivity contribution in [2.75, 3.05) is 24.6 Å². The number of nitrogens with zero attached hydrogens (tertiary/aromatic N) is 4. The number of hydrogen-bond donors (Lipinski definition) is 1. The summed E-state index contributed by atoms with van der Waals surface area (Å²) in [5, 5.41) is 0.990. The van der Waals surface area contributed by atoms with Crippen LogP contribution in [0.5, 0.6) is 5.75 Å². The Morgan fingerprint density at radius 1 is 1.28 bits per heavy atom. The van der Waals surface area contributed by atoms with Crippen molar-refractivity contribution < 1.29 is 9.53 Å². The largest absolute Gasteiger partial charge is 0.492 e. The number of rotatable bonds is 4. The lowest BCUT2D eigenvalue weighted by atomic mass is 10.1. The normalized spacial score (nSPS) is 19.6. The standard InChI is InChI=1S/C22H27N5O2/c1-5-29-17-9-18-19(11-24-22(18)23-10-17)20-7-6-8-21(25-20)26-12-14(2)27(16(4)28)15(3)13-26/h6-11,14-15H,5,12-13H2,1-4H3,(H,23,24). The lowest BCUT2D eigenvalue weighted by Gasteiger charge is -2.44. The van der Waals surface area contributed by atoms with E-state index in [2.05, 4.69) is 28.7 Å². The van der Waals surface area contributed by atoms with Crippen LogP contribution in [0.15, 0.2) is 36.7 Å². The molecule has 0 bridgehead atoms. The number of anilines is 1. The number of amides is 1. The molecule has 1 saturated heterocycles. The number of hydrogen-bond acceptors (Lipinski definition) is 5. The van der Waals surface area contributed by atoms with Gasteiger partial charge >= 0.3 is 0 Å². The minimum absolute atomic E-state index is 0.128. The molecule has 2 atom stereocenters. The molecule has 0 aromatic carbocycles. The Bertz CT molecular complexity index is 1020. The summed E-state index contributed by atoms with van der Waals surface area (Å²) in [7, 11) is 0. The molecule has 0 aliphatic carbocycles. The summed E-state index contributed by atoms with van der Waals surface area (Å²) in [6, 6.07) is 8.37. The molecule has 1 amide bonds. The van der Waals surface area contributed by atoms with Gasteiger partial charge in [0, 0.05) is 49.2 Å². The predicted octanol–water partition coefficient (Wildman–Crippen LogP) is 3.47. The molecule has 7 nitrogen and oxygen atoms in total. The molecule has 1 aliphatic rings. The van der Waals surface area contributed by atoms with Gasteiger partial charge in [-0.15, -0.1) is 0 Å². The zero-order chi connectivity index (χ0) is 20.5. The van der Waals surface area contributed by atoms with Gasteiger partial charge in [-0.2, -0.15) is 0 Å². The molecular weight excluding hydrogens is 366 g/mol. The molecule has 29 heavy (non-hydrogen) atoms. The number of aromatic nitrogens is 3.